The molecule has 0 amide bonds. The smallest absolute Gasteiger partial charge is 0.165 e. The molecule has 6 nitrogen and oxygen atoms in total. The van der Waals surface area contributed by atoms with Crippen molar-refractivity contribution in [3.8, 4) is 5.69 Å². The van der Waals surface area contributed by atoms with Crippen molar-refractivity contribution in [2.24, 2.45) is 4.99 Å². The molecule has 0 N–H and O–H groups in total. The number of aromatic nitrogens is 3. The van der Waals surface area contributed by atoms with Gasteiger partial charge in [0.15, 0.2) is 11.6 Å². The Labute approximate surface area is 179 Å². The van der Waals surface area contributed by atoms with E-state index in [1.807, 2.05) is 65.9 Å². The molecule has 1 aromatic heterocycles. The number of hydroxylamine groups is 2. The molecule has 29 heavy (non-hydrogen) atoms. The summed E-state index contributed by atoms with van der Waals surface area (Å²) in [5.74, 6) is 1.43. The quantitative estimate of drug-likeness (QED) is 0.532. The standard InChI is InChI=1S/C21H21Cl2N5O/c1-3-27(4-2)29-13-19-26-25-18-12-24-21(14-8-5-6-9-15(14)22)20-16(23)10-7-11-17(20)28(18)19/h5-11H,3-4,12-13H2,1-2H3. The molecule has 0 fully saturated rings. The second kappa shape index (κ2) is 8.63. The minimum absolute atomic E-state index is 0.308. The van der Waals surface area contributed by atoms with Crippen molar-refractivity contribution in [3.05, 3.63) is 75.3 Å². The van der Waals surface area contributed by atoms with E-state index in [0.29, 0.717) is 29.0 Å². The van der Waals surface area contributed by atoms with Gasteiger partial charge in [0.05, 0.1) is 16.4 Å². The molecular formula is C21H21Cl2N5O. The van der Waals surface area contributed by atoms with Crippen LogP contribution in [0.25, 0.3) is 5.69 Å². The molecule has 0 spiro atoms. The number of fused-ring (bicyclic) bond motifs is 3. The van der Waals surface area contributed by atoms with Crippen molar-refractivity contribution in [1.82, 2.24) is 19.8 Å². The van der Waals surface area contributed by atoms with Crippen molar-refractivity contribution >= 4 is 28.9 Å². The third kappa shape index (κ3) is 3.81. The van der Waals surface area contributed by atoms with Crippen LogP contribution in [0.5, 0.6) is 0 Å². The first-order valence-electron chi connectivity index (χ1n) is 9.53. The fourth-order valence-electron chi connectivity index (χ4n) is 3.42. The van der Waals surface area contributed by atoms with Crippen molar-refractivity contribution in [1.29, 1.82) is 0 Å². The third-order valence-electron chi connectivity index (χ3n) is 4.86. The summed E-state index contributed by atoms with van der Waals surface area (Å²) in [6.45, 7) is 6.35. The zero-order chi connectivity index (χ0) is 20.4. The molecule has 2 aromatic carbocycles. The number of nitrogens with zero attached hydrogens (tertiary/aromatic N) is 5. The van der Waals surface area contributed by atoms with Gasteiger partial charge in [-0.3, -0.25) is 14.4 Å². The van der Waals surface area contributed by atoms with Crippen LogP contribution in [0, 0.1) is 0 Å². The number of aliphatic imine (C=N–C) groups is 1. The molecule has 2 heterocycles. The largest absolute Gasteiger partial charge is 0.291 e. The average Bonchev–Trinajstić information content (AvgIpc) is 3.05. The van der Waals surface area contributed by atoms with Gasteiger partial charge >= 0.3 is 0 Å². The van der Waals surface area contributed by atoms with E-state index >= 15 is 0 Å². The van der Waals surface area contributed by atoms with Crippen LogP contribution in [-0.4, -0.2) is 38.6 Å². The lowest BCUT2D eigenvalue weighted by molar-refractivity contribution is -0.165. The molecule has 0 saturated heterocycles. The van der Waals surface area contributed by atoms with Gasteiger partial charge in [-0.15, -0.1) is 10.2 Å². The summed E-state index contributed by atoms with van der Waals surface area (Å²) >= 11 is 13.1. The van der Waals surface area contributed by atoms with Crippen molar-refractivity contribution in [3.63, 3.8) is 0 Å². The fourth-order valence-corrected chi connectivity index (χ4v) is 3.90. The zero-order valence-corrected chi connectivity index (χ0v) is 17.8. The molecule has 0 atom stereocenters. The van der Waals surface area contributed by atoms with Crippen LogP contribution in [0.3, 0.4) is 0 Å². The highest BCUT2D eigenvalue weighted by Crippen LogP contribution is 2.32. The minimum Gasteiger partial charge on any atom is -0.291 e. The van der Waals surface area contributed by atoms with Gasteiger partial charge in [-0.2, -0.15) is 5.06 Å². The van der Waals surface area contributed by atoms with Crippen LogP contribution in [0.15, 0.2) is 47.5 Å². The van der Waals surface area contributed by atoms with E-state index in [2.05, 4.69) is 10.2 Å². The van der Waals surface area contributed by atoms with Crippen molar-refractivity contribution in [2.75, 3.05) is 13.1 Å². The maximum Gasteiger partial charge on any atom is 0.165 e. The number of benzene rings is 2. The van der Waals surface area contributed by atoms with Gasteiger partial charge in [-0.05, 0) is 18.2 Å². The van der Waals surface area contributed by atoms with E-state index in [9.17, 15) is 0 Å². The molecule has 4 rings (SSSR count). The number of hydrogen-bond donors (Lipinski definition) is 0. The third-order valence-corrected chi connectivity index (χ3v) is 5.50. The minimum atomic E-state index is 0.308. The van der Waals surface area contributed by atoms with Crippen LogP contribution in [-0.2, 0) is 18.0 Å². The van der Waals surface area contributed by atoms with Crippen LogP contribution in [0.4, 0.5) is 0 Å². The van der Waals surface area contributed by atoms with Crippen molar-refractivity contribution in [2.45, 2.75) is 27.0 Å². The van der Waals surface area contributed by atoms with Gasteiger partial charge < -0.3 is 0 Å². The van der Waals surface area contributed by atoms with E-state index in [1.54, 1.807) is 0 Å². The first-order chi connectivity index (χ1) is 14.1. The molecule has 0 aliphatic carbocycles. The summed E-state index contributed by atoms with van der Waals surface area (Å²) in [5, 5.41) is 11.8. The van der Waals surface area contributed by atoms with E-state index in [0.717, 1.165) is 41.4 Å². The van der Waals surface area contributed by atoms with E-state index in [-0.39, 0.29) is 0 Å². The van der Waals surface area contributed by atoms with Gasteiger partial charge in [0.2, 0.25) is 0 Å². The zero-order valence-electron chi connectivity index (χ0n) is 16.3. The molecule has 8 heteroatoms. The van der Waals surface area contributed by atoms with E-state index in [4.69, 9.17) is 33.0 Å². The molecule has 150 valence electrons. The van der Waals surface area contributed by atoms with Gasteiger partial charge in [0.25, 0.3) is 0 Å². The summed E-state index contributed by atoms with van der Waals surface area (Å²) < 4.78 is 1.98. The maximum absolute atomic E-state index is 6.65. The lowest BCUT2D eigenvalue weighted by atomic mass is 10.00. The predicted molar refractivity (Wildman–Crippen MR) is 115 cm³/mol. The predicted octanol–water partition coefficient (Wildman–Crippen LogP) is 4.70. The Morgan fingerprint density at radius 2 is 1.76 bits per heavy atom. The highest BCUT2D eigenvalue weighted by molar-refractivity contribution is 6.39. The number of halogens is 2. The summed E-state index contributed by atoms with van der Waals surface area (Å²) in [4.78, 5) is 10.7. The van der Waals surface area contributed by atoms with E-state index in [1.165, 1.54) is 0 Å². The molecular weight excluding hydrogens is 409 g/mol. The summed E-state index contributed by atoms with van der Waals surface area (Å²) in [5.41, 5.74) is 3.26. The van der Waals surface area contributed by atoms with Gasteiger partial charge in [-0.25, -0.2) is 0 Å². The first kappa shape index (κ1) is 20.0. The van der Waals surface area contributed by atoms with Crippen LogP contribution in [0.2, 0.25) is 10.0 Å². The molecule has 0 bridgehead atoms. The van der Waals surface area contributed by atoms with Crippen molar-refractivity contribution < 1.29 is 4.84 Å². The molecule has 0 saturated carbocycles. The van der Waals surface area contributed by atoms with Crippen LogP contribution < -0.4 is 0 Å². The van der Waals surface area contributed by atoms with Crippen LogP contribution in [0.1, 0.15) is 36.6 Å². The Balaban J connectivity index is 1.83. The fraction of sp³-hybridized carbons (Fsp3) is 0.286. The molecule has 1 aliphatic heterocycles. The van der Waals surface area contributed by atoms with E-state index < -0.39 is 0 Å². The second-order valence-electron chi connectivity index (χ2n) is 6.53. The highest BCUT2D eigenvalue weighted by atomic mass is 35.5. The lowest BCUT2D eigenvalue weighted by Crippen LogP contribution is -2.24. The Bertz CT molecular complexity index is 1060. The van der Waals surface area contributed by atoms with Gasteiger partial charge in [0.1, 0.15) is 13.2 Å². The summed E-state index contributed by atoms with van der Waals surface area (Å²) in [7, 11) is 0. The monoisotopic (exact) mass is 429 g/mol. The topological polar surface area (TPSA) is 55.5 Å². The van der Waals surface area contributed by atoms with Gasteiger partial charge in [0, 0.05) is 29.2 Å². The SMILES string of the molecule is CCN(CC)OCc1nnc2n1-c1cccc(Cl)c1C(c1ccccc1Cl)=NC2. The molecule has 1 aliphatic rings. The van der Waals surface area contributed by atoms with Gasteiger partial charge in [-0.1, -0.05) is 61.3 Å². The Kier molecular flexibility index (Phi) is 5.96. The normalized spacial score (nSPS) is 13.1. The number of hydrogen-bond acceptors (Lipinski definition) is 5. The Hall–Kier alpha value is -2.25. The lowest BCUT2D eigenvalue weighted by Gasteiger charge is -2.19. The second-order valence-corrected chi connectivity index (χ2v) is 7.35. The number of rotatable bonds is 6. The highest BCUT2D eigenvalue weighted by Gasteiger charge is 2.26. The van der Waals surface area contributed by atoms with Crippen LogP contribution >= 0.6 is 23.2 Å². The Morgan fingerprint density at radius 1 is 1.00 bits per heavy atom. The average molecular weight is 430 g/mol. The summed E-state index contributed by atoms with van der Waals surface area (Å²) in [6.07, 6.45) is 0. The summed E-state index contributed by atoms with van der Waals surface area (Å²) in [6, 6.07) is 13.4. The maximum atomic E-state index is 6.65. The Morgan fingerprint density at radius 3 is 2.52 bits per heavy atom. The molecule has 0 radical (unpaired) electrons. The molecule has 0 unspecified atom stereocenters. The molecule has 3 aromatic rings. The first-order valence-corrected chi connectivity index (χ1v) is 10.3.